The molecular weight excluding hydrogens is 432 g/mol. The molecule has 0 saturated carbocycles. The molecule has 0 atom stereocenters. The molecule has 34 heavy (non-hydrogen) atoms. The van der Waals surface area contributed by atoms with Crippen molar-refractivity contribution in [3.63, 3.8) is 0 Å². The molecule has 0 N–H and O–H groups in total. The number of rotatable bonds is 14. The quantitative estimate of drug-likeness (QED) is 0.284. The lowest BCUT2D eigenvalue weighted by Crippen LogP contribution is -2.23. The third-order valence-corrected chi connectivity index (χ3v) is 6.08. The van der Waals surface area contributed by atoms with Crippen molar-refractivity contribution in [3.8, 4) is 11.5 Å². The van der Waals surface area contributed by atoms with E-state index in [0.717, 1.165) is 48.3 Å². The van der Waals surface area contributed by atoms with E-state index in [-0.39, 0.29) is 35.0 Å². The molecule has 0 fully saturated rings. The third-order valence-electron chi connectivity index (χ3n) is 6.08. The summed E-state index contributed by atoms with van der Waals surface area (Å²) in [6, 6.07) is 4.13. The fourth-order valence-electron chi connectivity index (χ4n) is 4.22. The van der Waals surface area contributed by atoms with Crippen molar-refractivity contribution in [2.45, 2.75) is 117 Å². The lowest BCUT2D eigenvalue weighted by atomic mass is 9.75. The molecule has 0 bridgehead atoms. The van der Waals surface area contributed by atoms with Crippen molar-refractivity contribution in [1.29, 1.82) is 0 Å². The Bertz CT molecular complexity index is 740. The van der Waals surface area contributed by atoms with Crippen molar-refractivity contribution < 1.29 is 28.5 Å². The standard InChI is InChI=1S/C28H46O6/c1-19(2)33-25(29)13-11-15-27(5,6)21-17-24(32-10)22(18-23(21)31-9)28(7,8)16-12-14-26(30)34-20(3)4/h17-20H,11-16H2,1-10H3. The van der Waals surface area contributed by atoms with Gasteiger partial charge in [0.2, 0.25) is 0 Å². The second-order valence-corrected chi connectivity index (χ2v) is 10.8. The highest BCUT2D eigenvalue weighted by Gasteiger charge is 2.31. The van der Waals surface area contributed by atoms with Gasteiger partial charge in [-0.05, 0) is 76.3 Å². The Balaban J connectivity index is 3.05. The molecule has 6 nitrogen and oxygen atoms in total. The maximum Gasteiger partial charge on any atom is 0.306 e. The highest BCUT2D eigenvalue weighted by Crippen LogP contribution is 2.44. The minimum absolute atomic E-state index is 0.0957. The summed E-state index contributed by atoms with van der Waals surface area (Å²) in [6.45, 7) is 16.1. The Morgan fingerprint density at radius 3 is 1.29 bits per heavy atom. The maximum absolute atomic E-state index is 11.9. The van der Waals surface area contributed by atoms with Gasteiger partial charge in [0.25, 0.3) is 0 Å². The van der Waals surface area contributed by atoms with Crippen LogP contribution in [0.1, 0.15) is 105 Å². The van der Waals surface area contributed by atoms with Gasteiger partial charge >= 0.3 is 11.9 Å². The number of esters is 2. The van der Waals surface area contributed by atoms with Crippen LogP contribution in [0.3, 0.4) is 0 Å². The van der Waals surface area contributed by atoms with Crippen LogP contribution in [0.15, 0.2) is 12.1 Å². The van der Waals surface area contributed by atoms with Gasteiger partial charge in [-0.15, -0.1) is 0 Å². The van der Waals surface area contributed by atoms with Crippen LogP contribution in [-0.2, 0) is 29.9 Å². The third kappa shape index (κ3) is 9.19. The minimum Gasteiger partial charge on any atom is -0.496 e. The lowest BCUT2D eigenvalue weighted by Gasteiger charge is -2.32. The van der Waals surface area contributed by atoms with E-state index in [1.54, 1.807) is 14.2 Å². The van der Waals surface area contributed by atoms with Gasteiger partial charge in [-0.2, -0.15) is 0 Å². The van der Waals surface area contributed by atoms with Gasteiger partial charge in [0.15, 0.2) is 0 Å². The van der Waals surface area contributed by atoms with Gasteiger partial charge in [0.05, 0.1) is 26.4 Å². The average Bonchev–Trinajstić information content (AvgIpc) is 2.71. The largest absolute Gasteiger partial charge is 0.496 e. The van der Waals surface area contributed by atoms with Gasteiger partial charge < -0.3 is 18.9 Å². The first-order valence-electron chi connectivity index (χ1n) is 12.4. The molecule has 0 unspecified atom stereocenters. The number of benzene rings is 1. The summed E-state index contributed by atoms with van der Waals surface area (Å²) in [6.07, 6.45) is 3.66. The molecular formula is C28H46O6. The van der Waals surface area contributed by atoms with E-state index >= 15 is 0 Å². The molecule has 0 aliphatic carbocycles. The highest BCUT2D eigenvalue weighted by atomic mass is 16.5. The zero-order valence-electron chi connectivity index (χ0n) is 23.0. The van der Waals surface area contributed by atoms with Crippen LogP contribution in [0, 0.1) is 0 Å². The van der Waals surface area contributed by atoms with Gasteiger partial charge in [-0.1, -0.05) is 27.7 Å². The number of carbonyl (C=O) groups excluding carboxylic acids is 2. The van der Waals surface area contributed by atoms with Crippen LogP contribution in [-0.4, -0.2) is 38.4 Å². The van der Waals surface area contributed by atoms with Gasteiger partial charge in [0, 0.05) is 24.0 Å². The fourth-order valence-corrected chi connectivity index (χ4v) is 4.22. The van der Waals surface area contributed by atoms with Crippen molar-refractivity contribution in [3.05, 3.63) is 23.3 Å². The molecule has 6 heteroatoms. The van der Waals surface area contributed by atoms with Crippen LogP contribution in [0.4, 0.5) is 0 Å². The molecule has 0 spiro atoms. The predicted molar refractivity (Wildman–Crippen MR) is 136 cm³/mol. The van der Waals surface area contributed by atoms with Crippen LogP contribution in [0.2, 0.25) is 0 Å². The summed E-state index contributed by atoms with van der Waals surface area (Å²) < 4.78 is 22.1. The number of hydrogen-bond donors (Lipinski definition) is 0. The first kappa shape index (κ1) is 29.8. The summed E-state index contributed by atoms with van der Waals surface area (Å²) in [5.74, 6) is 1.28. The molecule has 0 aromatic heterocycles. The SMILES string of the molecule is COc1cc(C(C)(C)CCCC(=O)OC(C)C)c(OC)cc1C(C)(C)CCCC(=O)OC(C)C. The summed E-state index contributed by atoms with van der Waals surface area (Å²) in [7, 11) is 3.36. The first-order valence-corrected chi connectivity index (χ1v) is 12.4. The number of ether oxygens (including phenoxy) is 4. The van der Waals surface area contributed by atoms with Gasteiger partial charge in [-0.3, -0.25) is 9.59 Å². The van der Waals surface area contributed by atoms with Crippen LogP contribution >= 0.6 is 0 Å². The molecule has 0 aliphatic rings. The molecule has 0 saturated heterocycles. The molecule has 194 valence electrons. The minimum atomic E-state index is -0.222. The Morgan fingerprint density at radius 1 is 0.706 bits per heavy atom. The number of methoxy groups -OCH3 is 2. The van der Waals surface area contributed by atoms with E-state index in [4.69, 9.17) is 18.9 Å². The smallest absolute Gasteiger partial charge is 0.306 e. The zero-order valence-corrected chi connectivity index (χ0v) is 23.0. The van der Waals surface area contributed by atoms with E-state index in [1.807, 2.05) is 27.7 Å². The van der Waals surface area contributed by atoms with Crippen LogP contribution in [0.5, 0.6) is 11.5 Å². The summed E-state index contributed by atoms with van der Waals surface area (Å²) in [5.41, 5.74) is 1.65. The van der Waals surface area contributed by atoms with Crippen molar-refractivity contribution in [1.82, 2.24) is 0 Å². The molecule has 0 aliphatic heterocycles. The van der Waals surface area contributed by atoms with Crippen LogP contribution in [0.25, 0.3) is 0 Å². The molecule has 1 aromatic rings. The average molecular weight is 479 g/mol. The summed E-state index contributed by atoms with van der Waals surface area (Å²) in [4.78, 5) is 23.9. The number of hydrogen-bond acceptors (Lipinski definition) is 6. The second kappa shape index (κ2) is 13.0. The Kier molecular flexibility index (Phi) is 11.4. The van der Waals surface area contributed by atoms with Gasteiger partial charge in [0.1, 0.15) is 11.5 Å². The lowest BCUT2D eigenvalue weighted by molar-refractivity contribution is -0.148. The maximum atomic E-state index is 11.9. The normalized spacial score (nSPS) is 12.1. The molecule has 0 radical (unpaired) electrons. The van der Waals surface area contributed by atoms with E-state index in [9.17, 15) is 9.59 Å². The zero-order chi connectivity index (χ0) is 26.1. The molecule has 1 rings (SSSR count). The molecule has 0 amide bonds. The Labute approximate surface area is 206 Å². The first-order chi connectivity index (χ1) is 15.7. The van der Waals surface area contributed by atoms with Crippen molar-refractivity contribution in [2.75, 3.05) is 14.2 Å². The summed E-state index contributed by atoms with van der Waals surface area (Å²) in [5, 5.41) is 0. The predicted octanol–water partition coefficient (Wildman–Crippen LogP) is 6.50. The van der Waals surface area contributed by atoms with Crippen molar-refractivity contribution >= 4 is 11.9 Å². The Hall–Kier alpha value is -2.24. The molecule has 1 aromatic carbocycles. The summed E-state index contributed by atoms with van der Waals surface area (Å²) >= 11 is 0. The Morgan fingerprint density at radius 2 is 1.03 bits per heavy atom. The monoisotopic (exact) mass is 478 g/mol. The second-order valence-electron chi connectivity index (χ2n) is 10.8. The highest BCUT2D eigenvalue weighted by molar-refractivity contribution is 5.69. The number of carbonyl (C=O) groups is 2. The van der Waals surface area contributed by atoms with E-state index in [1.165, 1.54) is 0 Å². The fraction of sp³-hybridized carbons (Fsp3) is 0.714. The van der Waals surface area contributed by atoms with E-state index in [0.29, 0.717) is 12.8 Å². The topological polar surface area (TPSA) is 71.1 Å². The van der Waals surface area contributed by atoms with Crippen molar-refractivity contribution in [2.24, 2.45) is 0 Å². The molecule has 0 heterocycles. The van der Waals surface area contributed by atoms with E-state index < -0.39 is 0 Å². The van der Waals surface area contributed by atoms with Crippen LogP contribution < -0.4 is 9.47 Å². The van der Waals surface area contributed by atoms with E-state index in [2.05, 4.69) is 39.8 Å². The van der Waals surface area contributed by atoms with Gasteiger partial charge in [-0.25, -0.2) is 0 Å².